The van der Waals surface area contributed by atoms with Crippen molar-refractivity contribution in [3.8, 4) is 0 Å². The number of non-ortho nitro benzene ring substituents is 2. The standard InChI is InChI=1S/C34H32N4O6/c1-33(2)25-10-6-8-12-27(25)35(5)29(33)17-23-31(39)24(32(23)40)18-30-34(3,4)26-11-7-9-13-28(26)36(30)19-20-14-21(37(41)42)16-22(15-20)38(43)44/h6-18,24,31H,19H2,1-5H3. The highest BCUT2D eigenvalue weighted by Crippen LogP contribution is 2.50. The third-order valence-corrected chi connectivity index (χ3v) is 9.31. The van der Waals surface area contributed by atoms with E-state index in [2.05, 4.69) is 19.9 Å². The highest BCUT2D eigenvalue weighted by Gasteiger charge is 2.47. The van der Waals surface area contributed by atoms with Gasteiger partial charge in [0.1, 0.15) is 7.05 Å². The van der Waals surface area contributed by atoms with Crippen LogP contribution in [-0.4, -0.2) is 39.1 Å². The van der Waals surface area contributed by atoms with E-state index < -0.39 is 27.3 Å². The van der Waals surface area contributed by atoms with Crippen LogP contribution in [-0.2, 0) is 22.2 Å². The molecule has 0 radical (unpaired) electrons. The first-order valence-electron chi connectivity index (χ1n) is 14.4. The summed E-state index contributed by atoms with van der Waals surface area (Å²) in [6.45, 7) is 8.24. The Morgan fingerprint density at radius 2 is 1.48 bits per heavy atom. The highest BCUT2D eigenvalue weighted by molar-refractivity contribution is 6.14. The predicted octanol–water partition coefficient (Wildman–Crippen LogP) is 5.25. The molecule has 224 valence electrons. The average Bonchev–Trinajstić information content (AvgIpc) is 3.32. The van der Waals surface area contributed by atoms with E-state index in [1.807, 2.05) is 72.8 Å². The number of anilines is 1. The molecule has 1 aliphatic carbocycles. The Bertz CT molecular complexity index is 1840. The summed E-state index contributed by atoms with van der Waals surface area (Å²) in [5.74, 6) is -1.13. The lowest BCUT2D eigenvalue weighted by atomic mass is 9.71. The number of Topliss-reactive ketones (excluding diaryl/α,β-unsaturated/α-hetero) is 1. The van der Waals surface area contributed by atoms with Gasteiger partial charge in [-0.15, -0.1) is 0 Å². The monoisotopic (exact) mass is 592 g/mol. The lowest BCUT2D eigenvalue weighted by molar-refractivity contribution is -0.420. The molecule has 44 heavy (non-hydrogen) atoms. The fourth-order valence-corrected chi connectivity index (χ4v) is 6.91. The number of carbonyl (C=O) groups excluding carboxylic acids is 1. The molecule has 2 unspecified atom stereocenters. The number of para-hydroxylation sites is 2. The van der Waals surface area contributed by atoms with Crippen molar-refractivity contribution in [1.82, 2.24) is 0 Å². The largest absolute Gasteiger partial charge is 0.848 e. The molecule has 3 aromatic rings. The molecule has 1 saturated carbocycles. The van der Waals surface area contributed by atoms with Crippen LogP contribution in [0.4, 0.5) is 22.7 Å². The first-order chi connectivity index (χ1) is 20.7. The Morgan fingerprint density at radius 1 is 0.886 bits per heavy atom. The minimum Gasteiger partial charge on any atom is -0.848 e. The van der Waals surface area contributed by atoms with Crippen molar-refractivity contribution in [3.05, 3.63) is 127 Å². The van der Waals surface area contributed by atoms with Gasteiger partial charge in [0.2, 0.25) is 5.69 Å². The third kappa shape index (κ3) is 4.36. The van der Waals surface area contributed by atoms with Crippen molar-refractivity contribution in [2.75, 3.05) is 11.9 Å². The van der Waals surface area contributed by atoms with E-state index in [0.29, 0.717) is 11.3 Å². The number of rotatable bonds is 6. The number of fused-ring (bicyclic) bond motifs is 2. The molecule has 2 atom stereocenters. The first kappa shape index (κ1) is 29.1. The number of ketones is 1. The van der Waals surface area contributed by atoms with E-state index in [1.165, 1.54) is 12.1 Å². The van der Waals surface area contributed by atoms with Gasteiger partial charge in [-0.25, -0.2) is 0 Å². The van der Waals surface area contributed by atoms with Crippen LogP contribution in [0.2, 0.25) is 0 Å². The number of nitrogens with zero attached hydrogens (tertiary/aromatic N) is 4. The fourth-order valence-electron chi connectivity index (χ4n) is 6.91. The lowest BCUT2D eigenvalue weighted by Gasteiger charge is -2.43. The number of allylic oxidation sites excluding steroid dienone is 2. The van der Waals surface area contributed by atoms with Gasteiger partial charge in [-0.2, -0.15) is 4.58 Å². The third-order valence-electron chi connectivity index (χ3n) is 9.31. The number of carbonyl (C=O) groups is 1. The maximum atomic E-state index is 13.7. The molecular weight excluding hydrogens is 560 g/mol. The van der Waals surface area contributed by atoms with E-state index in [4.69, 9.17) is 0 Å². The Labute approximate surface area is 254 Å². The number of hydrogen-bond acceptors (Lipinski definition) is 7. The van der Waals surface area contributed by atoms with Gasteiger partial charge in [0.15, 0.2) is 11.5 Å². The average molecular weight is 593 g/mol. The van der Waals surface area contributed by atoms with Crippen LogP contribution in [0, 0.1) is 26.1 Å². The van der Waals surface area contributed by atoms with Crippen LogP contribution in [0.15, 0.2) is 90.2 Å². The number of benzene rings is 3. The van der Waals surface area contributed by atoms with Crippen molar-refractivity contribution in [2.45, 2.75) is 51.2 Å². The zero-order valence-corrected chi connectivity index (χ0v) is 25.1. The lowest BCUT2D eigenvalue weighted by Crippen LogP contribution is -2.53. The molecule has 0 bridgehead atoms. The SMILES string of the molecule is C[N+]1=C(C=C2C(=O)C(C=C3N(Cc4cc([N+](=O)[O-])cc([N+](=O)[O-])c4)c4ccccc4C3(C)C)C2[O-])C(C)(C)c2ccccc21. The van der Waals surface area contributed by atoms with E-state index in [0.717, 1.165) is 34.3 Å². The minimum atomic E-state index is -1.27. The normalized spacial score (nSPS) is 23.1. The summed E-state index contributed by atoms with van der Waals surface area (Å²) in [4.78, 5) is 37.3. The Balaban J connectivity index is 1.38. The number of nitro groups is 2. The van der Waals surface area contributed by atoms with Gasteiger partial charge >= 0.3 is 0 Å². The van der Waals surface area contributed by atoms with Gasteiger partial charge in [-0.05, 0) is 36.6 Å². The van der Waals surface area contributed by atoms with E-state index in [1.54, 1.807) is 12.2 Å². The van der Waals surface area contributed by atoms with E-state index >= 15 is 0 Å². The van der Waals surface area contributed by atoms with Crippen molar-refractivity contribution in [2.24, 2.45) is 5.92 Å². The maximum absolute atomic E-state index is 13.7. The first-order valence-corrected chi connectivity index (χ1v) is 14.4. The molecule has 0 spiro atoms. The van der Waals surface area contributed by atoms with Gasteiger partial charge in [0, 0.05) is 59.1 Å². The van der Waals surface area contributed by atoms with Gasteiger partial charge < -0.3 is 10.0 Å². The minimum absolute atomic E-state index is 0.0805. The molecule has 0 saturated heterocycles. The second-order valence-electron chi connectivity index (χ2n) is 12.6. The van der Waals surface area contributed by atoms with Gasteiger partial charge in [0.25, 0.3) is 11.4 Å². The van der Waals surface area contributed by atoms with E-state index in [9.17, 15) is 30.1 Å². The second kappa shape index (κ2) is 10.1. The van der Waals surface area contributed by atoms with Crippen molar-refractivity contribution in [1.29, 1.82) is 0 Å². The van der Waals surface area contributed by atoms with Crippen LogP contribution >= 0.6 is 0 Å². The Kier molecular flexibility index (Phi) is 6.66. The molecule has 3 aliphatic rings. The Hall–Kier alpha value is -4.96. The van der Waals surface area contributed by atoms with Gasteiger partial charge in [0.05, 0.1) is 21.3 Å². The zero-order valence-electron chi connectivity index (χ0n) is 25.1. The van der Waals surface area contributed by atoms with Crippen LogP contribution in [0.3, 0.4) is 0 Å². The molecule has 0 aromatic heterocycles. The molecule has 0 amide bonds. The van der Waals surface area contributed by atoms with Crippen LogP contribution in [0.1, 0.15) is 44.4 Å². The quantitative estimate of drug-likeness (QED) is 0.165. The summed E-state index contributed by atoms with van der Waals surface area (Å²) in [5.41, 5.74) is 4.38. The summed E-state index contributed by atoms with van der Waals surface area (Å²) in [6, 6.07) is 19.2. The summed E-state index contributed by atoms with van der Waals surface area (Å²) >= 11 is 0. The zero-order chi connectivity index (χ0) is 31.7. The predicted molar refractivity (Wildman–Crippen MR) is 164 cm³/mol. The maximum Gasteiger partial charge on any atom is 0.276 e. The molecular formula is C34H32N4O6. The second-order valence-corrected chi connectivity index (χ2v) is 12.6. The molecule has 10 nitrogen and oxygen atoms in total. The van der Waals surface area contributed by atoms with Gasteiger partial charge in [-0.1, -0.05) is 62.4 Å². The molecule has 0 N–H and O–H groups in total. The summed E-state index contributed by atoms with van der Waals surface area (Å²) < 4.78 is 2.03. The van der Waals surface area contributed by atoms with Crippen LogP contribution in [0.25, 0.3) is 0 Å². The summed E-state index contributed by atoms with van der Waals surface area (Å²) in [5, 5.41) is 36.8. The van der Waals surface area contributed by atoms with E-state index in [-0.39, 0.29) is 34.7 Å². The highest BCUT2D eigenvalue weighted by atomic mass is 16.6. The smallest absolute Gasteiger partial charge is 0.276 e. The molecule has 2 aliphatic heterocycles. The Morgan fingerprint density at radius 3 is 2.07 bits per heavy atom. The molecule has 1 fully saturated rings. The number of hydrogen-bond donors (Lipinski definition) is 0. The number of nitro benzene ring substituents is 2. The topological polar surface area (TPSA) is 133 Å². The van der Waals surface area contributed by atoms with Crippen molar-refractivity contribution >= 4 is 34.2 Å². The van der Waals surface area contributed by atoms with Crippen LogP contribution in [0.5, 0.6) is 0 Å². The molecule has 10 heteroatoms. The summed E-state index contributed by atoms with van der Waals surface area (Å²) in [7, 11) is 1.94. The van der Waals surface area contributed by atoms with Crippen molar-refractivity contribution < 1.29 is 24.3 Å². The van der Waals surface area contributed by atoms with Crippen LogP contribution < -0.4 is 10.0 Å². The molecule has 6 rings (SSSR count). The summed E-state index contributed by atoms with van der Waals surface area (Å²) in [6.07, 6.45) is 2.21. The van der Waals surface area contributed by atoms with Gasteiger partial charge in [-0.3, -0.25) is 25.0 Å². The molecule has 2 heterocycles. The van der Waals surface area contributed by atoms with Crippen molar-refractivity contribution in [3.63, 3.8) is 0 Å². The fraction of sp³-hybridized carbons (Fsp3) is 0.294. The molecule has 3 aromatic carbocycles.